The molecule has 1 N–H and O–H groups in total. The van der Waals surface area contributed by atoms with Crippen molar-refractivity contribution in [1.29, 1.82) is 0 Å². The maximum absolute atomic E-state index is 14.2. The van der Waals surface area contributed by atoms with Gasteiger partial charge in [-0.1, -0.05) is 37.8 Å². The first-order chi connectivity index (χ1) is 21.1. The first kappa shape index (κ1) is 34.0. The quantitative estimate of drug-likeness (QED) is 0.284. The van der Waals surface area contributed by atoms with Gasteiger partial charge in [-0.2, -0.15) is 0 Å². The van der Waals surface area contributed by atoms with Crippen LogP contribution in [0.1, 0.15) is 48.2 Å². The molecular weight excluding hydrogens is 561 g/mol. The van der Waals surface area contributed by atoms with Crippen LogP contribution in [0.3, 0.4) is 0 Å². The number of carbonyl (C=O) groups excluding carboxylic acids is 3. The summed E-state index contributed by atoms with van der Waals surface area (Å²) in [5.41, 5.74) is 3.40. The Morgan fingerprint density at radius 1 is 1.11 bits per heavy atom. The third kappa shape index (κ3) is 10.1. The molecule has 4 rings (SSSR count). The summed E-state index contributed by atoms with van der Waals surface area (Å²) in [5.74, 6) is -0.274. The number of nitrogens with zero attached hydrogens (tertiary/aromatic N) is 2. The molecule has 1 unspecified atom stereocenters. The van der Waals surface area contributed by atoms with Crippen molar-refractivity contribution in [3.8, 4) is 5.75 Å². The fourth-order valence-corrected chi connectivity index (χ4v) is 4.67. The molecule has 0 saturated carbocycles. The minimum absolute atomic E-state index is 0.0168. The first-order valence-corrected chi connectivity index (χ1v) is 14.8. The number of hydrogen-bond acceptors (Lipinski definition) is 7. The summed E-state index contributed by atoms with van der Waals surface area (Å²) in [7, 11) is 3.91. The zero-order valence-electron chi connectivity index (χ0n) is 26.0. The van der Waals surface area contributed by atoms with Gasteiger partial charge in [-0.25, -0.2) is 9.18 Å². The maximum Gasteiger partial charge on any atom is 0.338 e. The Balaban J connectivity index is 0.000000257. The van der Waals surface area contributed by atoms with Crippen molar-refractivity contribution in [1.82, 2.24) is 9.80 Å². The van der Waals surface area contributed by atoms with Gasteiger partial charge < -0.3 is 29.4 Å². The second-order valence-corrected chi connectivity index (χ2v) is 10.6. The number of carbonyl (C=O) groups is 3. The number of hydrogen-bond donors (Lipinski definition) is 1. The van der Waals surface area contributed by atoms with E-state index in [1.165, 1.54) is 6.07 Å². The molecule has 0 aliphatic carbocycles. The predicted molar refractivity (Wildman–Crippen MR) is 171 cm³/mol. The molecule has 8 nitrogen and oxygen atoms in total. The predicted octanol–water partition coefficient (Wildman–Crippen LogP) is 5.86. The normalized spacial score (nSPS) is 19.2. The summed E-state index contributed by atoms with van der Waals surface area (Å²) in [6, 6.07) is 10.0. The lowest BCUT2D eigenvalue weighted by molar-refractivity contribution is -0.113. The highest BCUT2D eigenvalue weighted by Gasteiger charge is 2.21. The maximum atomic E-state index is 14.2. The van der Waals surface area contributed by atoms with E-state index >= 15 is 0 Å². The van der Waals surface area contributed by atoms with Gasteiger partial charge in [0, 0.05) is 49.7 Å². The third-order valence-corrected chi connectivity index (χ3v) is 7.19. The third-order valence-electron chi connectivity index (χ3n) is 7.19. The van der Waals surface area contributed by atoms with Crippen LogP contribution in [0.5, 0.6) is 5.75 Å². The number of halogens is 1. The zero-order chi connectivity index (χ0) is 32.1. The molecule has 1 fully saturated rings. The number of likely N-dealkylation sites (N-methyl/N-ethyl adjacent to an activating group) is 2. The molecule has 1 saturated heterocycles. The van der Waals surface area contributed by atoms with Gasteiger partial charge in [0.05, 0.1) is 12.2 Å². The molecule has 2 aliphatic heterocycles. The number of esters is 1. The zero-order valence-corrected chi connectivity index (χ0v) is 26.0. The number of rotatable bonds is 9. The second kappa shape index (κ2) is 17.0. The number of amides is 1. The highest BCUT2D eigenvalue weighted by Crippen LogP contribution is 2.24. The highest BCUT2D eigenvalue weighted by atomic mass is 19.1. The summed E-state index contributed by atoms with van der Waals surface area (Å²) >= 11 is 0. The smallest absolute Gasteiger partial charge is 0.338 e. The number of likely N-dealkylation sites (tertiary alicyclic amines) is 1. The monoisotopic (exact) mass is 603 g/mol. The molecule has 0 aromatic heterocycles. The molecule has 44 heavy (non-hydrogen) atoms. The van der Waals surface area contributed by atoms with E-state index in [1.54, 1.807) is 36.2 Å². The molecule has 1 amide bonds. The van der Waals surface area contributed by atoms with Crippen LogP contribution in [-0.2, 0) is 27.2 Å². The highest BCUT2D eigenvalue weighted by molar-refractivity contribution is 6.04. The number of ether oxygens (including phenoxy) is 2. The van der Waals surface area contributed by atoms with Crippen LogP contribution in [0.4, 0.5) is 10.1 Å². The Hall–Kier alpha value is -4.50. The summed E-state index contributed by atoms with van der Waals surface area (Å²) in [4.78, 5) is 38.9. The van der Waals surface area contributed by atoms with E-state index in [0.29, 0.717) is 48.1 Å². The lowest BCUT2D eigenvalue weighted by atomic mass is 10.0. The minimum Gasteiger partial charge on any atom is -0.489 e. The van der Waals surface area contributed by atoms with Crippen molar-refractivity contribution >= 4 is 23.9 Å². The van der Waals surface area contributed by atoms with E-state index in [-0.39, 0.29) is 24.4 Å². The van der Waals surface area contributed by atoms with Gasteiger partial charge >= 0.3 is 5.97 Å². The fraction of sp³-hybridized carbons (Fsp3) is 0.343. The second-order valence-electron chi connectivity index (χ2n) is 10.6. The van der Waals surface area contributed by atoms with Crippen LogP contribution >= 0.6 is 0 Å². The van der Waals surface area contributed by atoms with Crippen molar-refractivity contribution in [2.75, 3.05) is 39.1 Å². The van der Waals surface area contributed by atoms with Gasteiger partial charge in [0.1, 0.15) is 24.0 Å². The molecule has 2 aromatic rings. The van der Waals surface area contributed by atoms with Crippen LogP contribution in [0, 0.1) is 5.82 Å². The molecule has 2 aromatic carbocycles. The summed E-state index contributed by atoms with van der Waals surface area (Å²) in [5, 5.41) is 2.80. The SMILES string of the molecule is C=C1/C=C\C=C/C/C(C(=O)Nc2cc(F)c(CC=O)cc2CC)=C\N1C.CCOC(=O)c1ccc(OC2CCN(C)C2)cc1. The Morgan fingerprint density at radius 3 is 2.50 bits per heavy atom. The Morgan fingerprint density at radius 2 is 1.86 bits per heavy atom. The Bertz CT molecular complexity index is 1410. The van der Waals surface area contributed by atoms with Crippen molar-refractivity contribution < 1.29 is 28.2 Å². The molecule has 9 heteroatoms. The van der Waals surface area contributed by atoms with E-state index in [2.05, 4.69) is 23.8 Å². The number of anilines is 1. The topological polar surface area (TPSA) is 88.2 Å². The first-order valence-electron chi connectivity index (χ1n) is 14.8. The van der Waals surface area contributed by atoms with Crippen molar-refractivity contribution in [3.05, 3.63) is 107 Å². The number of aryl methyl sites for hydroxylation is 1. The van der Waals surface area contributed by atoms with Crippen molar-refractivity contribution in [2.45, 2.75) is 45.6 Å². The molecular formula is C35H42FN3O5. The molecule has 0 spiro atoms. The van der Waals surface area contributed by atoms with E-state index in [4.69, 9.17) is 9.47 Å². The summed E-state index contributed by atoms with van der Waals surface area (Å²) in [6.07, 6.45) is 12.2. The number of benzene rings is 2. The molecule has 234 valence electrons. The van der Waals surface area contributed by atoms with Crippen LogP contribution in [0.15, 0.2) is 84.8 Å². The lowest BCUT2D eigenvalue weighted by Crippen LogP contribution is -2.21. The van der Waals surface area contributed by atoms with Gasteiger partial charge in [-0.05, 0) is 80.8 Å². The number of allylic oxidation sites excluding steroid dienone is 4. The Labute approximate surface area is 259 Å². The lowest BCUT2D eigenvalue weighted by Gasteiger charge is -2.17. The minimum atomic E-state index is -0.498. The largest absolute Gasteiger partial charge is 0.489 e. The van der Waals surface area contributed by atoms with Gasteiger partial charge in [0.2, 0.25) is 0 Å². The van der Waals surface area contributed by atoms with Gasteiger partial charge in [0.25, 0.3) is 5.91 Å². The standard InChI is InChI=1S/C21H23FN2O2.C14H19NO3/c1-4-16-12-17(10-11-25)19(22)13-20(16)23-21(26)18-9-7-5-6-8-15(2)24(3)14-18;1-3-17-14(16)11-4-6-12(7-5-11)18-13-8-9-15(2)10-13/h5-8,11-14H,2,4,9-10H2,1,3H3,(H,23,26);4-7,13H,3,8-10H2,1-2H3/b7-5-,8-6-,18-14+;. The van der Waals surface area contributed by atoms with E-state index in [1.807, 2.05) is 50.4 Å². The van der Waals surface area contributed by atoms with Crippen molar-refractivity contribution in [3.63, 3.8) is 0 Å². The van der Waals surface area contributed by atoms with E-state index < -0.39 is 5.82 Å². The van der Waals surface area contributed by atoms with E-state index in [9.17, 15) is 18.8 Å². The summed E-state index contributed by atoms with van der Waals surface area (Å²) in [6.45, 7) is 10.1. The average molecular weight is 604 g/mol. The average Bonchev–Trinajstić information content (AvgIpc) is 3.44. The molecule has 2 heterocycles. The molecule has 2 aliphatic rings. The fourth-order valence-electron chi connectivity index (χ4n) is 4.67. The molecule has 0 radical (unpaired) electrons. The van der Waals surface area contributed by atoms with Gasteiger partial charge in [0.15, 0.2) is 0 Å². The van der Waals surface area contributed by atoms with Crippen LogP contribution in [0.25, 0.3) is 0 Å². The number of aldehydes is 1. The van der Waals surface area contributed by atoms with Crippen LogP contribution < -0.4 is 10.1 Å². The van der Waals surface area contributed by atoms with Gasteiger partial charge in [-0.15, -0.1) is 0 Å². The molecule has 1 atom stereocenters. The number of nitrogens with one attached hydrogen (secondary N) is 1. The molecule has 0 bridgehead atoms. The van der Waals surface area contributed by atoms with Crippen LogP contribution in [-0.4, -0.2) is 67.9 Å². The summed E-state index contributed by atoms with van der Waals surface area (Å²) < 4.78 is 24.9. The van der Waals surface area contributed by atoms with Crippen LogP contribution in [0.2, 0.25) is 0 Å². The van der Waals surface area contributed by atoms with Crippen molar-refractivity contribution in [2.24, 2.45) is 0 Å². The van der Waals surface area contributed by atoms with E-state index in [0.717, 1.165) is 36.5 Å². The van der Waals surface area contributed by atoms with Gasteiger partial charge in [-0.3, -0.25) is 4.79 Å². The Kier molecular flexibility index (Phi) is 13.1.